The van der Waals surface area contributed by atoms with Crippen molar-refractivity contribution in [3.8, 4) is 11.1 Å². The number of rotatable bonds is 4. The van der Waals surface area contributed by atoms with Crippen LogP contribution < -0.4 is 5.32 Å². The average Bonchev–Trinajstić information content (AvgIpc) is 3.32. The van der Waals surface area contributed by atoms with E-state index in [1.165, 1.54) is 25.0 Å². The van der Waals surface area contributed by atoms with E-state index in [4.69, 9.17) is 0 Å². The minimum absolute atomic E-state index is 0.0521. The van der Waals surface area contributed by atoms with Gasteiger partial charge in [0.1, 0.15) is 5.82 Å². The standard InChI is InChI=1S/C19H19FINO/c1-19(2,15-5-6-15)22-18(23)14-9-13(10-17(21)11-14)12-3-7-16(20)8-4-12/h3-4,7-11,15H,5-6H2,1-2H3,(H,22,23). The van der Waals surface area contributed by atoms with Crippen molar-refractivity contribution >= 4 is 28.5 Å². The number of carbonyl (C=O) groups is 1. The molecule has 1 aliphatic rings. The van der Waals surface area contributed by atoms with Gasteiger partial charge in [0.05, 0.1) is 0 Å². The topological polar surface area (TPSA) is 29.1 Å². The average molecular weight is 423 g/mol. The van der Waals surface area contributed by atoms with Gasteiger partial charge in [-0.2, -0.15) is 0 Å². The van der Waals surface area contributed by atoms with Crippen molar-refractivity contribution in [2.75, 3.05) is 0 Å². The first-order valence-electron chi connectivity index (χ1n) is 7.74. The highest BCUT2D eigenvalue weighted by Gasteiger charge is 2.38. The Hall–Kier alpha value is -1.43. The van der Waals surface area contributed by atoms with Gasteiger partial charge < -0.3 is 5.32 Å². The predicted molar refractivity (Wildman–Crippen MR) is 98.8 cm³/mol. The molecule has 0 radical (unpaired) electrons. The van der Waals surface area contributed by atoms with Crippen LogP contribution in [0.25, 0.3) is 11.1 Å². The van der Waals surface area contributed by atoms with Crippen LogP contribution in [0.1, 0.15) is 37.0 Å². The summed E-state index contributed by atoms with van der Waals surface area (Å²) in [4.78, 5) is 12.6. The van der Waals surface area contributed by atoms with Crippen LogP contribution in [0.3, 0.4) is 0 Å². The molecule has 0 saturated heterocycles. The summed E-state index contributed by atoms with van der Waals surface area (Å²) in [5.74, 6) is 0.262. The van der Waals surface area contributed by atoms with Crippen molar-refractivity contribution in [3.05, 3.63) is 57.4 Å². The predicted octanol–water partition coefficient (Wildman–Crippen LogP) is 5.02. The molecular formula is C19H19FINO. The lowest BCUT2D eigenvalue weighted by Gasteiger charge is -2.26. The fourth-order valence-electron chi connectivity index (χ4n) is 2.80. The molecule has 0 bridgehead atoms. The zero-order valence-electron chi connectivity index (χ0n) is 13.2. The van der Waals surface area contributed by atoms with Crippen LogP contribution in [-0.4, -0.2) is 11.4 Å². The molecule has 2 nitrogen and oxygen atoms in total. The molecule has 3 rings (SSSR count). The molecule has 1 fully saturated rings. The van der Waals surface area contributed by atoms with Gasteiger partial charge in [-0.15, -0.1) is 0 Å². The molecule has 0 aromatic heterocycles. The zero-order chi connectivity index (χ0) is 16.6. The maximum absolute atomic E-state index is 13.1. The van der Waals surface area contributed by atoms with Gasteiger partial charge in [-0.25, -0.2) is 4.39 Å². The number of benzene rings is 2. The molecule has 1 aliphatic carbocycles. The van der Waals surface area contributed by atoms with Crippen molar-refractivity contribution in [3.63, 3.8) is 0 Å². The highest BCUT2D eigenvalue weighted by atomic mass is 127. The van der Waals surface area contributed by atoms with Crippen LogP contribution >= 0.6 is 22.6 Å². The molecule has 1 N–H and O–H groups in total. The number of halogens is 2. The van der Waals surface area contributed by atoms with Crippen molar-refractivity contribution in [1.82, 2.24) is 5.32 Å². The Bertz CT molecular complexity index is 736. The fourth-order valence-corrected chi connectivity index (χ4v) is 3.47. The van der Waals surface area contributed by atoms with Crippen molar-refractivity contribution in [2.45, 2.75) is 32.2 Å². The van der Waals surface area contributed by atoms with Gasteiger partial charge in [-0.05, 0) is 96.7 Å². The summed E-state index contributed by atoms with van der Waals surface area (Å²) >= 11 is 2.21. The Morgan fingerprint density at radius 1 is 1.13 bits per heavy atom. The Morgan fingerprint density at radius 2 is 1.78 bits per heavy atom. The van der Waals surface area contributed by atoms with E-state index >= 15 is 0 Å². The van der Waals surface area contributed by atoms with Gasteiger partial charge in [0, 0.05) is 14.7 Å². The maximum atomic E-state index is 13.1. The molecular weight excluding hydrogens is 404 g/mol. The molecule has 2 aromatic rings. The number of carbonyl (C=O) groups excluding carboxylic acids is 1. The zero-order valence-corrected chi connectivity index (χ0v) is 15.4. The molecule has 0 atom stereocenters. The smallest absolute Gasteiger partial charge is 0.251 e. The third-order valence-corrected chi connectivity index (χ3v) is 4.99. The molecule has 2 aromatic carbocycles. The Morgan fingerprint density at radius 3 is 2.39 bits per heavy atom. The highest BCUT2D eigenvalue weighted by Crippen LogP contribution is 2.39. The lowest BCUT2D eigenvalue weighted by atomic mass is 9.97. The van der Waals surface area contributed by atoms with Crippen molar-refractivity contribution in [1.29, 1.82) is 0 Å². The number of hydrogen-bond donors (Lipinski definition) is 1. The van der Waals surface area contributed by atoms with E-state index in [0.717, 1.165) is 14.7 Å². The maximum Gasteiger partial charge on any atom is 0.251 e. The van der Waals surface area contributed by atoms with Gasteiger partial charge in [0.2, 0.25) is 0 Å². The second-order valence-electron chi connectivity index (χ2n) is 6.69. The third-order valence-electron chi connectivity index (χ3n) is 4.37. The molecule has 120 valence electrons. The molecule has 0 spiro atoms. The largest absolute Gasteiger partial charge is 0.347 e. The quantitative estimate of drug-likeness (QED) is 0.688. The van der Waals surface area contributed by atoms with E-state index in [-0.39, 0.29) is 17.3 Å². The second kappa shape index (κ2) is 6.23. The third kappa shape index (κ3) is 3.91. The molecule has 23 heavy (non-hydrogen) atoms. The first kappa shape index (κ1) is 16.4. The Balaban J connectivity index is 1.88. The highest BCUT2D eigenvalue weighted by molar-refractivity contribution is 14.1. The van der Waals surface area contributed by atoms with Crippen LogP contribution in [0.15, 0.2) is 42.5 Å². The summed E-state index contributed by atoms with van der Waals surface area (Å²) in [6.07, 6.45) is 2.36. The van der Waals surface area contributed by atoms with Gasteiger partial charge in [-0.1, -0.05) is 12.1 Å². The molecule has 0 heterocycles. The van der Waals surface area contributed by atoms with Crippen LogP contribution in [0.2, 0.25) is 0 Å². The van der Waals surface area contributed by atoms with Crippen molar-refractivity contribution in [2.24, 2.45) is 5.92 Å². The van der Waals surface area contributed by atoms with Crippen LogP contribution in [0.5, 0.6) is 0 Å². The van der Waals surface area contributed by atoms with Gasteiger partial charge in [0.15, 0.2) is 0 Å². The lowest BCUT2D eigenvalue weighted by molar-refractivity contribution is 0.0903. The number of hydrogen-bond acceptors (Lipinski definition) is 1. The summed E-state index contributed by atoms with van der Waals surface area (Å²) in [6.45, 7) is 4.16. The first-order chi connectivity index (χ1) is 10.8. The van der Waals surface area contributed by atoms with Crippen LogP contribution in [-0.2, 0) is 0 Å². The first-order valence-corrected chi connectivity index (χ1v) is 8.82. The molecule has 0 unspecified atom stereocenters. The molecule has 1 saturated carbocycles. The van der Waals surface area contributed by atoms with Gasteiger partial charge >= 0.3 is 0 Å². The monoisotopic (exact) mass is 423 g/mol. The van der Waals surface area contributed by atoms with Crippen LogP contribution in [0, 0.1) is 15.3 Å². The Kier molecular flexibility index (Phi) is 4.45. The van der Waals surface area contributed by atoms with E-state index in [1.54, 1.807) is 12.1 Å². The van der Waals surface area contributed by atoms with Gasteiger partial charge in [-0.3, -0.25) is 4.79 Å². The summed E-state index contributed by atoms with van der Waals surface area (Å²) < 4.78 is 14.1. The summed E-state index contributed by atoms with van der Waals surface area (Å²) in [5.41, 5.74) is 2.30. The normalized spacial score (nSPS) is 14.6. The fraction of sp³-hybridized carbons (Fsp3) is 0.316. The van der Waals surface area contributed by atoms with E-state index in [9.17, 15) is 9.18 Å². The molecule has 4 heteroatoms. The van der Waals surface area contributed by atoms with E-state index in [1.807, 2.05) is 18.2 Å². The van der Waals surface area contributed by atoms with Crippen LogP contribution in [0.4, 0.5) is 4.39 Å². The van der Waals surface area contributed by atoms with E-state index < -0.39 is 0 Å². The number of amides is 1. The minimum Gasteiger partial charge on any atom is -0.347 e. The Labute approximate surface area is 149 Å². The van der Waals surface area contributed by atoms with E-state index in [0.29, 0.717) is 11.5 Å². The summed E-state index contributed by atoms with van der Waals surface area (Å²) in [5, 5.41) is 3.15. The molecule has 0 aliphatic heterocycles. The van der Waals surface area contributed by atoms with E-state index in [2.05, 4.69) is 41.8 Å². The number of nitrogens with one attached hydrogen (secondary N) is 1. The summed E-state index contributed by atoms with van der Waals surface area (Å²) in [6, 6.07) is 12.1. The summed E-state index contributed by atoms with van der Waals surface area (Å²) in [7, 11) is 0. The van der Waals surface area contributed by atoms with Crippen molar-refractivity contribution < 1.29 is 9.18 Å². The second-order valence-corrected chi connectivity index (χ2v) is 7.93. The lowest BCUT2D eigenvalue weighted by Crippen LogP contribution is -2.45. The molecule has 1 amide bonds. The minimum atomic E-state index is -0.261. The SMILES string of the molecule is CC(C)(NC(=O)c1cc(I)cc(-c2ccc(F)cc2)c1)C1CC1. The van der Waals surface area contributed by atoms with Gasteiger partial charge in [0.25, 0.3) is 5.91 Å².